The maximum atomic E-state index is 11.8. The summed E-state index contributed by atoms with van der Waals surface area (Å²) in [5, 5.41) is 13.4. The van der Waals surface area contributed by atoms with Gasteiger partial charge in [0.2, 0.25) is 0 Å². The fourth-order valence-electron chi connectivity index (χ4n) is 1.38. The number of likely N-dealkylation sites (N-methyl/N-ethyl adjacent to an activating group) is 1. The zero-order chi connectivity index (χ0) is 12.8. The van der Waals surface area contributed by atoms with Gasteiger partial charge in [0.25, 0.3) is 0 Å². The SMILES string of the molecule is CCN(CC(=O)O)C(=O)NC(C)c1cccs1. The summed E-state index contributed by atoms with van der Waals surface area (Å²) in [5.41, 5.74) is 0. The fourth-order valence-corrected chi connectivity index (χ4v) is 2.11. The number of aliphatic carboxylic acids is 1. The van der Waals surface area contributed by atoms with Crippen LogP contribution in [-0.2, 0) is 4.79 Å². The van der Waals surface area contributed by atoms with E-state index in [0.29, 0.717) is 6.54 Å². The van der Waals surface area contributed by atoms with Gasteiger partial charge in [-0.05, 0) is 25.3 Å². The summed E-state index contributed by atoms with van der Waals surface area (Å²) >= 11 is 1.56. The van der Waals surface area contributed by atoms with Gasteiger partial charge >= 0.3 is 12.0 Å². The smallest absolute Gasteiger partial charge is 0.323 e. The molecule has 0 aliphatic heterocycles. The predicted molar refractivity (Wildman–Crippen MR) is 66.1 cm³/mol. The molecule has 5 nitrogen and oxygen atoms in total. The quantitative estimate of drug-likeness (QED) is 0.845. The summed E-state index contributed by atoms with van der Waals surface area (Å²) in [6.07, 6.45) is 0. The zero-order valence-corrected chi connectivity index (χ0v) is 10.7. The van der Waals surface area contributed by atoms with Gasteiger partial charge in [-0.3, -0.25) is 4.79 Å². The lowest BCUT2D eigenvalue weighted by atomic mass is 10.3. The van der Waals surface area contributed by atoms with Crippen LogP contribution in [0.25, 0.3) is 0 Å². The van der Waals surface area contributed by atoms with Crippen molar-refractivity contribution in [2.45, 2.75) is 19.9 Å². The number of carboxylic acid groups (broad SMARTS) is 1. The second kappa shape index (κ2) is 6.24. The van der Waals surface area contributed by atoms with Crippen LogP contribution in [0, 0.1) is 0 Å². The lowest BCUT2D eigenvalue weighted by molar-refractivity contribution is -0.137. The third-order valence-electron chi connectivity index (χ3n) is 2.30. The number of thiophene rings is 1. The predicted octanol–water partition coefficient (Wildman–Crippen LogP) is 1.93. The highest BCUT2D eigenvalue weighted by molar-refractivity contribution is 7.10. The van der Waals surface area contributed by atoms with E-state index in [1.807, 2.05) is 24.4 Å². The Bertz CT molecular complexity index is 378. The average Bonchev–Trinajstić information content (AvgIpc) is 2.78. The first-order valence-corrected chi connectivity index (χ1v) is 6.23. The molecule has 0 spiro atoms. The summed E-state index contributed by atoms with van der Waals surface area (Å²) in [4.78, 5) is 24.6. The summed E-state index contributed by atoms with van der Waals surface area (Å²) in [6, 6.07) is 3.39. The first-order valence-electron chi connectivity index (χ1n) is 5.35. The Labute approximate surface area is 104 Å². The van der Waals surface area contributed by atoms with Crippen LogP contribution in [0.4, 0.5) is 4.79 Å². The van der Waals surface area contributed by atoms with Gasteiger partial charge in [-0.1, -0.05) is 6.07 Å². The van der Waals surface area contributed by atoms with Crippen LogP contribution in [0.5, 0.6) is 0 Å². The molecule has 0 aromatic carbocycles. The Kier molecular flexibility index (Phi) is 4.96. The monoisotopic (exact) mass is 256 g/mol. The van der Waals surface area contributed by atoms with Gasteiger partial charge < -0.3 is 15.3 Å². The van der Waals surface area contributed by atoms with Crippen LogP contribution in [0.2, 0.25) is 0 Å². The first kappa shape index (κ1) is 13.5. The first-order chi connectivity index (χ1) is 8.04. The summed E-state index contributed by atoms with van der Waals surface area (Å²) in [5.74, 6) is -1.01. The Morgan fingerprint density at radius 2 is 2.29 bits per heavy atom. The van der Waals surface area contributed by atoms with E-state index in [-0.39, 0.29) is 18.6 Å². The minimum absolute atomic E-state index is 0.106. The van der Waals surface area contributed by atoms with E-state index >= 15 is 0 Å². The van der Waals surface area contributed by atoms with Crippen molar-refractivity contribution in [1.29, 1.82) is 0 Å². The van der Waals surface area contributed by atoms with Gasteiger partial charge in [-0.2, -0.15) is 0 Å². The summed E-state index contributed by atoms with van der Waals surface area (Å²) in [6.45, 7) is 3.71. The van der Waals surface area contributed by atoms with E-state index < -0.39 is 5.97 Å². The highest BCUT2D eigenvalue weighted by Crippen LogP contribution is 2.18. The molecule has 1 unspecified atom stereocenters. The Morgan fingerprint density at radius 3 is 2.76 bits per heavy atom. The normalized spacial score (nSPS) is 11.9. The third kappa shape index (κ3) is 4.07. The fraction of sp³-hybridized carbons (Fsp3) is 0.455. The minimum atomic E-state index is -1.01. The molecule has 0 aliphatic rings. The number of carboxylic acids is 1. The van der Waals surface area contributed by atoms with E-state index in [1.54, 1.807) is 18.3 Å². The number of nitrogens with zero attached hydrogens (tertiary/aromatic N) is 1. The van der Waals surface area contributed by atoms with Crippen molar-refractivity contribution in [1.82, 2.24) is 10.2 Å². The van der Waals surface area contributed by atoms with Crippen LogP contribution in [-0.4, -0.2) is 35.1 Å². The number of carbonyl (C=O) groups is 2. The molecular weight excluding hydrogens is 240 g/mol. The van der Waals surface area contributed by atoms with Gasteiger partial charge in [0.1, 0.15) is 6.54 Å². The van der Waals surface area contributed by atoms with Crippen molar-refractivity contribution in [3.8, 4) is 0 Å². The lowest BCUT2D eigenvalue weighted by Crippen LogP contribution is -2.43. The second-order valence-corrected chi connectivity index (χ2v) is 4.57. The van der Waals surface area contributed by atoms with Crippen molar-refractivity contribution in [2.24, 2.45) is 0 Å². The molecule has 0 fully saturated rings. The number of amides is 2. The van der Waals surface area contributed by atoms with Crippen LogP contribution >= 0.6 is 11.3 Å². The largest absolute Gasteiger partial charge is 0.480 e. The number of hydrogen-bond donors (Lipinski definition) is 2. The number of hydrogen-bond acceptors (Lipinski definition) is 3. The van der Waals surface area contributed by atoms with Gasteiger partial charge in [-0.15, -0.1) is 11.3 Å². The summed E-state index contributed by atoms with van der Waals surface area (Å²) < 4.78 is 0. The third-order valence-corrected chi connectivity index (χ3v) is 3.36. The highest BCUT2D eigenvalue weighted by atomic mass is 32.1. The summed E-state index contributed by atoms with van der Waals surface area (Å²) in [7, 11) is 0. The molecule has 0 saturated heterocycles. The molecule has 2 N–H and O–H groups in total. The van der Waals surface area contributed by atoms with Crippen LogP contribution in [0.3, 0.4) is 0 Å². The van der Waals surface area contributed by atoms with Crippen molar-refractivity contribution in [2.75, 3.05) is 13.1 Å². The molecule has 17 heavy (non-hydrogen) atoms. The lowest BCUT2D eigenvalue weighted by Gasteiger charge is -2.21. The second-order valence-electron chi connectivity index (χ2n) is 3.59. The van der Waals surface area contributed by atoms with Gasteiger partial charge in [-0.25, -0.2) is 4.79 Å². The maximum Gasteiger partial charge on any atom is 0.323 e. The topological polar surface area (TPSA) is 69.6 Å². The Morgan fingerprint density at radius 1 is 1.59 bits per heavy atom. The molecule has 1 heterocycles. The van der Waals surface area contributed by atoms with Gasteiger partial charge in [0.15, 0.2) is 0 Å². The van der Waals surface area contributed by atoms with Crippen molar-refractivity contribution in [3.63, 3.8) is 0 Å². The van der Waals surface area contributed by atoms with Crippen molar-refractivity contribution < 1.29 is 14.7 Å². The molecule has 1 atom stereocenters. The molecule has 1 aromatic rings. The van der Waals surface area contributed by atoms with Gasteiger partial charge in [0.05, 0.1) is 6.04 Å². The molecular formula is C11H16N2O3S. The van der Waals surface area contributed by atoms with E-state index in [9.17, 15) is 9.59 Å². The van der Waals surface area contributed by atoms with E-state index in [4.69, 9.17) is 5.11 Å². The maximum absolute atomic E-state index is 11.8. The number of nitrogens with one attached hydrogen (secondary N) is 1. The zero-order valence-electron chi connectivity index (χ0n) is 9.84. The van der Waals surface area contributed by atoms with Gasteiger partial charge in [0, 0.05) is 11.4 Å². The van der Waals surface area contributed by atoms with Crippen molar-refractivity contribution in [3.05, 3.63) is 22.4 Å². The molecule has 0 bridgehead atoms. The molecule has 0 aliphatic carbocycles. The number of carbonyl (C=O) groups excluding carboxylic acids is 1. The average molecular weight is 256 g/mol. The van der Waals surface area contributed by atoms with Crippen LogP contribution in [0.15, 0.2) is 17.5 Å². The molecule has 0 saturated carbocycles. The number of rotatable bonds is 5. The molecule has 1 aromatic heterocycles. The molecule has 0 radical (unpaired) electrons. The van der Waals surface area contributed by atoms with Crippen molar-refractivity contribution >= 4 is 23.3 Å². The number of urea groups is 1. The molecule has 1 rings (SSSR count). The van der Waals surface area contributed by atoms with Crippen LogP contribution in [0.1, 0.15) is 24.8 Å². The van der Waals surface area contributed by atoms with E-state index in [1.165, 1.54) is 4.90 Å². The Balaban J connectivity index is 2.55. The highest BCUT2D eigenvalue weighted by Gasteiger charge is 2.17. The van der Waals surface area contributed by atoms with E-state index in [2.05, 4.69) is 5.32 Å². The van der Waals surface area contributed by atoms with Crippen LogP contribution < -0.4 is 5.32 Å². The van der Waals surface area contributed by atoms with E-state index in [0.717, 1.165) is 4.88 Å². The Hall–Kier alpha value is -1.56. The minimum Gasteiger partial charge on any atom is -0.480 e. The molecule has 94 valence electrons. The standard InChI is InChI=1S/C11H16N2O3S/c1-3-13(7-10(14)15)11(16)12-8(2)9-5-4-6-17-9/h4-6,8H,3,7H2,1-2H3,(H,12,16)(H,14,15). The molecule has 6 heteroatoms. The molecule has 2 amide bonds.